The lowest BCUT2D eigenvalue weighted by Crippen LogP contribution is -2.27. The molecule has 0 heterocycles. The summed E-state index contributed by atoms with van der Waals surface area (Å²) in [6.45, 7) is 1.56. The molecule has 0 radical (unpaired) electrons. The first-order chi connectivity index (χ1) is 8.10. The number of nitrogens with two attached hydrogens (primary N) is 1. The summed E-state index contributed by atoms with van der Waals surface area (Å²) < 4.78 is 60.1. The van der Waals surface area contributed by atoms with E-state index in [4.69, 9.17) is 5.73 Å². The second kappa shape index (κ2) is 5.27. The van der Waals surface area contributed by atoms with Gasteiger partial charge in [0.25, 0.3) is 0 Å². The van der Waals surface area contributed by atoms with Crippen LogP contribution in [0.4, 0.5) is 13.2 Å². The van der Waals surface area contributed by atoms with Crippen molar-refractivity contribution in [3.8, 4) is 0 Å². The van der Waals surface area contributed by atoms with Gasteiger partial charge in [-0.25, -0.2) is 8.42 Å². The highest BCUT2D eigenvalue weighted by Crippen LogP contribution is 2.29. The molecule has 0 saturated heterocycles. The quantitative estimate of drug-likeness (QED) is 0.918. The monoisotopic (exact) mass is 281 g/mol. The minimum absolute atomic E-state index is 0.186. The van der Waals surface area contributed by atoms with E-state index in [1.165, 1.54) is 12.1 Å². The van der Waals surface area contributed by atoms with Gasteiger partial charge in [-0.3, -0.25) is 0 Å². The van der Waals surface area contributed by atoms with Crippen molar-refractivity contribution in [2.75, 3.05) is 5.75 Å². The Morgan fingerprint density at radius 3 is 2.11 bits per heavy atom. The van der Waals surface area contributed by atoms with Crippen LogP contribution >= 0.6 is 0 Å². The van der Waals surface area contributed by atoms with E-state index in [-0.39, 0.29) is 11.5 Å². The predicted octanol–water partition coefficient (Wildman–Crippen LogP) is 1.97. The zero-order valence-electron chi connectivity index (χ0n) is 9.74. The van der Waals surface area contributed by atoms with Gasteiger partial charge < -0.3 is 5.73 Å². The minimum Gasteiger partial charge on any atom is -0.327 e. The van der Waals surface area contributed by atoms with Crippen LogP contribution in [-0.4, -0.2) is 20.2 Å². The molecule has 1 aromatic carbocycles. The highest BCUT2D eigenvalue weighted by Gasteiger charge is 2.30. The molecule has 1 atom stereocenters. The molecule has 0 spiro atoms. The Balaban J connectivity index is 2.82. The lowest BCUT2D eigenvalue weighted by Gasteiger charge is -2.09. The summed E-state index contributed by atoms with van der Waals surface area (Å²) in [5, 5.41) is 0. The van der Waals surface area contributed by atoms with Gasteiger partial charge in [-0.15, -0.1) is 0 Å². The third-order valence-corrected chi connectivity index (χ3v) is 3.99. The van der Waals surface area contributed by atoms with Crippen molar-refractivity contribution in [3.05, 3.63) is 35.4 Å². The van der Waals surface area contributed by atoms with Crippen LogP contribution in [0.15, 0.2) is 24.3 Å². The molecule has 18 heavy (non-hydrogen) atoms. The van der Waals surface area contributed by atoms with Gasteiger partial charge in [0.15, 0.2) is 9.84 Å². The number of halogens is 3. The van der Waals surface area contributed by atoms with Crippen molar-refractivity contribution in [3.63, 3.8) is 0 Å². The van der Waals surface area contributed by atoms with Gasteiger partial charge >= 0.3 is 6.18 Å². The van der Waals surface area contributed by atoms with Crippen molar-refractivity contribution in [1.29, 1.82) is 0 Å². The standard InChI is InChI=1S/C11H14F3NO2S/c1-8(15)6-18(16,17)7-9-2-4-10(5-3-9)11(12,13)14/h2-5,8H,6-7,15H2,1H3. The maximum atomic E-state index is 12.3. The van der Waals surface area contributed by atoms with Crippen LogP contribution < -0.4 is 5.73 Å². The molecule has 2 N–H and O–H groups in total. The molecule has 0 aliphatic heterocycles. The molecular formula is C11H14F3NO2S. The summed E-state index contributed by atoms with van der Waals surface area (Å²) in [5.74, 6) is -0.485. The van der Waals surface area contributed by atoms with E-state index >= 15 is 0 Å². The molecule has 0 amide bonds. The number of sulfone groups is 1. The van der Waals surface area contributed by atoms with Crippen molar-refractivity contribution in [2.24, 2.45) is 5.73 Å². The summed E-state index contributed by atoms with van der Waals surface area (Å²) in [6.07, 6.45) is -4.41. The van der Waals surface area contributed by atoms with Crippen molar-refractivity contribution in [1.82, 2.24) is 0 Å². The molecular weight excluding hydrogens is 267 g/mol. The fourth-order valence-corrected chi connectivity index (χ4v) is 3.12. The van der Waals surface area contributed by atoms with Crippen molar-refractivity contribution in [2.45, 2.75) is 24.9 Å². The van der Waals surface area contributed by atoms with E-state index < -0.39 is 27.6 Å². The third kappa shape index (κ3) is 4.66. The minimum atomic E-state index is -4.41. The van der Waals surface area contributed by atoms with Crippen LogP contribution in [0.25, 0.3) is 0 Å². The Bertz CT molecular complexity index is 492. The highest BCUT2D eigenvalue weighted by atomic mass is 32.2. The van der Waals surface area contributed by atoms with Crippen molar-refractivity contribution < 1.29 is 21.6 Å². The molecule has 0 bridgehead atoms. The average Bonchev–Trinajstić information content (AvgIpc) is 2.13. The lowest BCUT2D eigenvalue weighted by molar-refractivity contribution is -0.137. The predicted molar refractivity (Wildman–Crippen MR) is 62.6 cm³/mol. The van der Waals surface area contributed by atoms with E-state index in [2.05, 4.69) is 0 Å². The van der Waals surface area contributed by atoms with Gasteiger partial charge in [0, 0.05) is 6.04 Å². The Hall–Kier alpha value is -1.08. The number of alkyl halides is 3. The summed E-state index contributed by atoms with van der Waals surface area (Å²) in [6, 6.07) is 3.58. The maximum Gasteiger partial charge on any atom is 0.416 e. The van der Waals surface area contributed by atoms with Crippen LogP contribution in [0.2, 0.25) is 0 Å². The summed E-state index contributed by atoms with van der Waals surface area (Å²) >= 11 is 0. The van der Waals surface area contributed by atoms with E-state index in [0.29, 0.717) is 5.56 Å². The molecule has 102 valence electrons. The molecule has 1 aromatic rings. The van der Waals surface area contributed by atoms with Crippen LogP contribution in [0, 0.1) is 0 Å². The molecule has 0 aliphatic rings. The Morgan fingerprint density at radius 2 is 1.72 bits per heavy atom. The second-order valence-corrected chi connectivity index (χ2v) is 6.34. The Labute approximate surface area is 104 Å². The number of benzene rings is 1. The molecule has 0 aromatic heterocycles. The lowest BCUT2D eigenvalue weighted by atomic mass is 10.1. The first kappa shape index (κ1) is 15.0. The van der Waals surface area contributed by atoms with E-state index in [0.717, 1.165) is 12.1 Å². The fraction of sp³-hybridized carbons (Fsp3) is 0.455. The summed E-state index contributed by atoms with van der Waals surface area (Å²) in [4.78, 5) is 0. The van der Waals surface area contributed by atoms with Crippen LogP contribution in [0.3, 0.4) is 0 Å². The average molecular weight is 281 g/mol. The highest BCUT2D eigenvalue weighted by molar-refractivity contribution is 7.90. The molecule has 7 heteroatoms. The van der Waals surface area contributed by atoms with Crippen LogP contribution in [0.1, 0.15) is 18.1 Å². The van der Waals surface area contributed by atoms with Gasteiger partial charge in [-0.2, -0.15) is 13.2 Å². The number of hydrogen-bond donors (Lipinski definition) is 1. The molecule has 0 fully saturated rings. The van der Waals surface area contributed by atoms with E-state index in [9.17, 15) is 21.6 Å². The first-order valence-corrected chi connectivity index (χ1v) is 7.04. The number of rotatable bonds is 4. The first-order valence-electron chi connectivity index (χ1n) is 5.22. The molecule has 1 unspecified atom stereocenters. The summed E-state index contributed by atoms with van der Waals surface area (Å²) in [5.41, 5.74) is 4.91. The molecule has 1 rings (SSSR count). The molecule has 0 aliphatic carbocycles. The zero-order valence-corrected chi connectivity index (χ0v) is 10.6. The topological polar surface area (TPSA) is 60.2 Å². The second-order valence-electron chi connectivity index (χ2n) is 4.23. The largest absolute Gasteiger partial charge is 0.416 e. The van der Waals surface area contributed by atoms with Gasteiger partial charge in [0.2, 0.25) is 0 Å². The van der Waals surface area contributed by atoms with Gasteiger partial charge in [0.1, 0.15) is 0 Å². The third-order valence-electron chi connectivity index (χ3n) is 2.18. The van der Waals surface area contributed by atoms with E-state index in [1.54, 1.807) is 6.92 Å². The van der Waals surface area contributed by atoms with Crippen LogP contribution in [0.5, 0.6) is 0 Å². The smallest absolute Gasteiger partial charge is 0.327 e. The normalized spacial score (nSPS) is 14.5. The van der Waals surface area contributed by atoms with E-state index in [1.807, 2.05) is 0 Å². The maximum absolute atomic E-state index is 12.3. The number of hydrogen-bond acceptors (Lipinski definition) is 3. The van der Waals surface area contributed by atoms with Gasteiger partial charge in [0.05, 0.1) is 17.1 Å². The van der Waals surface area contributed by atoms with Crippen LogP contribution in [-0.2, 0) is 21.8 Å². The Kier molecular flexibility index (Phi) is 4.39. The summed E-state index contributed by atoms with van der Waals surface area (Å²) in [7, 11) is -3.39. The van der Waals surface area contributed by atoms with Crippen molar-refractivity contribution >= 4 is 9.84 Å². The molecule has 0 saturated carbocycles. The Morgan fingerprint density at radius 1 is 1.22 bits per heavy atom. The zero-order chi connectivity index (χ0) is 14.0. The SMILES string of the molecule is CC(N)CS(=O)(=O)Cc1ccc(C(F)(F)F)cc1. The fourth-order valence-electron chi connectivity index (χ4n) is 1.50. The van der Waals surface area contributed by atoms with Gasteiger partial charge in [-0.05, 0) is 24.6 Å². The molecule has 3 nitrogen and oxygen atoms in total. The van der Waals surface area contributed by atoms with Gasteiger partial charge in [-0.1, -0.05) is 12.1 Å².